The second-order valence-electron chi connectivity index (χ2n) is 3.83. The van der Waals surface area contributed by atoms with Crippen LogP contribution in [0.3, 0.4) is 0 Å². The van der Waals surface area contributed by atoms with E-state index in [2.05, 4.69) is 9.97 Å². The quantitative estimate of drug-likeness (QED) is 0.918. The van der Waals surface area contributed by atoms with Crippen molar-refractivity contribution in [1.29, 1.82) is 0 Å². The zero-order valence-electron chi connectivity index (χ0n) is 10.3. The minimum absolute atomic E-state index is 0.0635. The third-order valence-electron chi connectivity index (χ3n) is 2.67. The summed E-state index contributed by atoms with van der Waals surface area (Å²) in [5.41, 5.74) is 0.664. The van der Waals surface area contributed by atoms with Gasteiger partial charge in [0.1, 0.15) is 23.5 Å². The molecule has 0 aliphatic rings. The van der Waals surface area contributed by atoms with Gasteiger partial charge in [0.15, 0.2) is 0 Å². The number of ether oxygens (including phenoxy) is 1. The molecule has 0 aliphatic carbocycles. The predicted molar refractivity (Wildman–Crippen MR) is 65.7 cm³/mol. The molecule has 0 radical (unpaired) electrons. The number of carboxylic acid groups (broad SMARTS) is 1. The second-order valence-corrected chi connectivity index (χ2v) is 3.83. The number of rotatable bonds is 3. The Labute approximate surface area is 108 Å². The van der Waals surface area contributed by atoms with Gasteiger partial charge in [-0.3, -0.25) is 0 Å². The van der Waals surface area contributed by atoms with Crippen molar-refractivity contribution in [2.75, 3.05) is 7.11 Å². The maximum atomic E-state index is 13.4. The summed E-state index contributed by atoms with van der Waals surface area (Å²) in [4.78, 5) is 19.1. The van der Waals surface area contributed by atoms with Crippen LogP contribution in [-0.4, -0.2) is 28.2 Å². The number of methoxy groups -OCH3 is 1. The van der Waals surface area contributed by atoms with E-state index in [0.717, 1.165) is 0 Å². The molecule has 98 valence electrons. The Bertz CT molecular complexity index is 644. The molecule has 0 aliphatic heterocycles. The van der Waals surface area contributed by atoms with Gasteiger partial charge in [-0.15, -0.1) is 0 Å². The number of carbonyl (C=O) groups is 1. The topological polar surface area (TPSA) is 72.3 Å². The SMILES string of the molecule is COc1ccc(F)cc1-c1ncnc(C)c1C(=O)O. The molecule has 0 amide bonds. The smallest absolute Gasteiger partial charge is 0.339 e. The van der Waals surface area contributed by atoms with Crippen molar-refractivity contribution >= 4 is 5.97 Å². The monoisotopic (exact) mass is 262 g/mol. The van der Waals surface area contributed by atoms with Gasteiger partial charge in [-0.1, -0.05) is 0 Å². The lowest BCUT2D eigenvalue weighted by atomic mass is 10.0. The summed E-state index contributed by atoms with van der Waals surface area (Å²) in [5, 5.41) is 9.23. The lowest BCUT2D eigenvalue weighted by Crippen LogP contribution is -2.07. The largest absolute Gasteiger partial charge is 0.496 e. The number of hydrogen-bond donors (Lipinski definition) is 1. The highest BCUT2D eigenvalue weighted by Gasteiger charge is 2.20. The van der Waals surface area contributed by atoms with E-state index in [0.29, 0.717) is 11.4 Å². The highest BCUT2D eigenvalue weighted by atomic mass is 19.1. The number of halogens is 1. The van der Waals surface area contributed by atoms with E-state index < -0.39 is 11.8 Å². The van der Waals surface area contributed by atoms with Gasteiger partial charge in [0.25, 0.3) is 0 Å². The highest BCUT2D eigenvalue weighted by molar-refractivity contribution is 5.96. The first-order valence-electron chi connectivity index (χ1n) is 5.43. The van der Waals surface area contributed by atoms with Crippen molar-refractivity contribution in [3.63, 3.8) is 0 Å². The zero-order valence-corrected chi connectivity index (χ0v) is 10.3. The summed E-state index contributed by atoms with van der Waals surface area (Å²) in [6.45, 7) is 1.56. The van der Waals surface area contributed by atoms with Gasteiger partial charge in [0, 0.05) is 5.56 Å². The van der Waals surface area contributed by atoms with Crippen LogP contribution in [0, 0.1) is 12.7 Å². The molecule has 19 heavy (non-hydrogen) atoms. The maximum absolute atomic E-state index is 13.4. The Morgan fingerprint density at radius 1 is 1.37 bits per heavy atom. The molecule has 2 aromatic rings. The van der Waals surface area contributed by atoms with Gasteiger partial charge in [-0.05, 0) is 25.1 Å². The molecule has 5 nitrogen and oxygen atoms in total. The van der Waals surface area contributed by atoms with Gasteiger partial charge >= 0.3 is 5.97 Å². The summed E-state index contributed by atoms with van der Waals surface area (Å²) in [6, 6.07) is 3.84. The Kier molecular flexibility index (Phi) is 3.41. The third-order valence-corrected chi connectivity index (χ3v) is 2.67. The summed E-state index contributed by atoms with van der Waals surface area (Å²) >= 11 is 0. The number of aromatic carboxylic acids is 1. The van der Waals surface area contributed by atoms with Crippen molar-refractivity contribution in [2.24, 2.45) is 0 Å². The van der Waals surface area contributed by atoms with Crippen molar-refractivity contribution in [3.8, 4) is 17.0 Å². The Balaban J connectivity index is 2.75. The molecule has 0 saturated carbocycles. The van der Waals surface area contributed by atoms with Gasteiger partial charge < -0.3 is 9.84 Å². The number of benzene rings is 1. The molecule has 0 bridgehead atoms. The van der Waals surface area contributed by atoms with E-state index in [9.17, 15) is 14.3 Å². The average Bonchev–Trinajstić information content (AvgIpc) is 2.37. The molecule has 0 unspecified atom stereocenters. The fraction of sp³-hybridized carbons (Fsp3) is 0.154. The molecular formula is C13H11FN2O3. The van der Waals surface area contributed by atoms with Crippen LogP contribution in [-0.2, 0) is 0 Å². The molecule has 1 aromatic carbocycles. The molecule has 2 rings (SSSR count). The van der Waals surface area contributed by atoms with Crippen LogP contribution in [0.1, 0.15) is 16.1 Å². The predicted octanol–water partition coefficient (Wildman–Crippen LogP) is 2.30. The van der Waals surface area contributed by atoms with E-state index >= 15 is 0 Å². The second kappa shape index (κ2) is 5.01. The Morgan fingerprint density at radius 2 is 2.11 bits per heavy atom. The molecule has 0 atom stereocenters. The van der Waals surface area contributed by atoms with Crippen molar-refractivity contribution < 1.29 is 19.0 Å². The molecule has 1 N–H and O–H groups in total. The van der Waals surface area contributed by atoms with Crippen LogP contribution >= 0.6 is 0 Å². The van der Waals surface area contributed by atoms with Crippen LogP contribution in [0.15, 0.2) is 24.5 Å². The van der Waals surface area contributed by atoms with E-state index in [4.69, 9.17) is 4.74 Å². The average molecular weight is 262 g/mol. The first-order chi connectivity index (χ1) is 9.04. The van der Waals surface area contributed by atoms with E-state index in [1.807, 2.05) is 0 Å². The number of aryl methyl sites for hydroxylation is 1. The third kappa shape index (κ3) is 2.37. The fourth-order valence-electron chi connectivity index (χ4n) is 1.80. The van der Waals surface area contributed by atoms with E-state index in [1.165, 1.54) is 31.6 Å². The number of nitrogens with zero attached hydrogens (tertiary/aromatic N) is 2. The van der Waals surface area contributed by atoms with Gasteiger partial charge in [0.2, 0.25) is 0 Å². The van der Waals surface area contributed by atoms with Crippen LogP contribution < -0.4 is 4.74 Å². The molecule has 1 heterocycles. The summed E-state index contributed by atoms with van der Waals surface area (Å²) in [6.07, 6.45) is 1.24. The molecule has 0 fully saturated rings. The Morgan fingerprint density at radius 3 is 2.74 bits per heavy atom. The Hall–Kier alpha value is -2.50. The van der Waals surface area contributed by atoms with Gasteiger partial charge in [-0.25, -0.2) is 19.2 Å². The lowest BCUT2D eigenvalue weighted by Gasteiger charge is -2.11. The minimum Gasteiger partial charge on any atom is -0.496 e. The molecule has 0 saturated heterocycles. The zero-order chi connectivity index (χ0) is 14.0. The van der Waals surface area contributed by atoms with E-state index in [-0.39, 0.29) is 16.8 Å². The standard InChI is InChI=1S/C13H11FN2O3/c1-7-11(13(17)18)12(16-6-15-7)9-5-8(14)3-4-10(9)19-2/h3-6H,1-2H3,(H,17,18). The molecule has 6 heteroatoms. The first-order valence-corrected chi connectivity index (χ1v) is 5.43. The summed E-state index contributed by atoms with van der Waals surface area (Å²) < 4.78 is 18.5. The highest BCUT2D eigenvalue weighted by Crippen LogP contribution is 2.32. The van der Waals surface area contributed by atoms with Crippen LogP contribution in [0.4, 0.5) is 4.39 Å². The maximum Gasteiger partial charge on any atom is 0.339 e. The number of carboxylic acids is 1. The number of hydrogen-bond acceptors (Lipinski definition) is 4. The molecule has 1 aromatic heterocycles. The van der Waals surface area contributed by atoms with Crippen LogP contribution in [0.5, 0.6) is 5.75 Å². The van der Waals surface area contributed by atoms with Crippen molar-refractivity contribution in [1.82, 2.24) is 9.97 Å². The normalized spacial score (nSPS) is 10.3. The summed E-state index contributed by atoms with van der Waals surface area (Å²) in [7, 11) is 1.42. The van der Waals surface area contributed by atoms with E-state index in [1.54, 1.807) is 6.92 Å². The number of aromatic nitrogens is 2. The minimum atomic E-state index is -1.17. The molecular weight excluding hydrogens is 251 g/mol. The van der Waals surface area contributed by atoms with Gasteiger partial charge in [0.05, 0.1) is 18.5 Å². The van der Waals surface area contributed by atoms with Gasteiger partial charge in [-0.2, -0.15) is 0 Å². The van der Waals surface area contributed by atoms with Crippen LogP contribution in [0.25, 0.3) is 11.3 Å². The fourth-order valence-corrected chi connectivity index (χ4v) is 1.80. The van der Waals surface area contributed by atoms with Crippen LogP contribution in [0.2, 0.25) is 0 Å². The lowest BCUT2D eigenvalue weighted by molar-refractivity contribution is 0.0696. The first kappa shape index (κ1) is 12.9. The van der Waals surface area contributed by atoms with Crippen molar-refractivity contribution in [2.45, 2.75) is 6.92 Å². The van der Waals surface area contributed by atoms with Crippen molar-refractivity contribution in [3.05, 3.63) is 41.6 Å². The molecule has 0 spiro atoms. The summed E-state index contributed by atoms with van der Waals surface area (Å²) in [5.74, 6) is -1.31.